The fourth-order valence-corrected chi connectivity index (χ4v) is 2.51. The summed E-state index contributed by atoms with van der Waals surface area (Å²) in [4.78, 5) is 4.33. The van der Waals surface area contributed by atoms with Gasteiger partial charge < -0.3 is 15.2 Å². The van der Waals surface area contributed by atoms with E-state index in [0.717, 1.165) is 16.8 Å². The molecule has 2 aromatic carbocycles. The van der Waals surface area contributed by atoms with Gasteiger partial charge in [-0.05, 0) is 49.0 Å². The van der Waals surface area contributed by atoms with Gasteiger partial charge >= 0.3 is 0 Å². The number of hydrogen-bond donors (Lipinski definition) is 2. The normalized spacial score (nSPS) is 10.4. The van der Waals surface area contributed by atoms with Crippen LogP contribution in [0, 0.1) is 6.92 Å². The zero-order valence-electron chi connectivity index (χ0n) is 12.9. The Hall–Kier alpha value is -2.44. The Kier molecular flexibility index (Phi) is 5.08. The number of aryl methyl sites for hydroxylation is 1. The number of rotatable bonds is 4. The summed E-state index contributed by atoms with van der Waals surface area (Å²) in [6, 6.07) is 15.2. The SMILES string of the molecule is Cc1cccc(NC(=S)NCc2nc(-c3cccc(Cl)c3)no2)c1. The lowest BCUT2D eigenvalue weighted by molar-refractivity contribution is 0.376. The topological polar surface area (TPSA) is 63.0 Å². The highest BCUT2D eigenvalue weighted by molar-refractivity contribution is 7.80. The first-order chi connectivity index (χ1) is 11.6. The predicted molar refractivity (Wildman–Crippen MR) is 99.0 cm³/mol. The molecule has 2 N–H and O–H groups in total. The molecule has 7 heteroatoms. The molecule has 1 aromatic heterocycles. The van der Waals surface area contributed by atoms with E-state index in [2.05, 4.69) is 20.8 Å². The van der Waals surface area contributed by atoms with Crippen LogP contribution < -0.4 is 10.6 Å². The van der Waals surface area contributed by atoms with E-state index in [1.807, 2.05) is 43.3 Å². The zero-order chi connectivity index (χ0) is 16.9. The minimum absolute atomic E-state index is 0.339. The maximum absolute atomic E-state index is 5.97. The first-order valence-electron chi connectivity index (χ1n) is 7.30. The highest BCUT2D eigenvalue weighted by Crippen LogP contribution is 2.19. The second-order valence-electron chi connectivity index (χ2n) is 5.20. The molecule has 3 aromatic rings. The van der Waals surface area contributed by atoms with E-state index in [9.17, 15) is 0 Å². The molecule has 0 unspecified atom stereocenters. The van der Waals surface area contributed by atoms with Gasteiger partial charge in [0.05, 0.1) is 6.54 Å². The quantitative estimate of drug-likeness (QED) is 0.682. The molecule has 24 heavy (non-hydrogen) atoms. The van der Waals surface area contributed by atoms with Crippen LogP contribution in [-0.2, 0) is 6.54 Å². The van der Waals surface area contributed by atoms with Crippen LogP contribution in [0.3, 0.4) is 0 Å². The lowest BCUT2D eigenvalue weighted by Gasteiger charge is -2.09. The van der Waals surface area contributed by atoms with Crippen molar-refractivity contribution in [3.63, 3.8) is 0 Å². The van der Waals surface area contributed by atoms with Crippen LogP contribution in [0.25, 0.3) is 11.4 Å². The molecule has 0 saturated heterocycles. The number of thiocarbonyl (C=S) groups is 1. The van der Waals surface area contributed by atoms with Crippen molar-refractivity contribution in [1.82, 2.24) is 15.5 Å². The Morgan fingerprint density at radius 2 is 2.04 bits per heavy atom. The molecule has 1 heterocycles. The molecule has 0 radical (unpaired) electrons. The maximum atomic E-state index is 5.97. The molecule has 0 saturated carbocycles. The Morgan fingerprint density at radius 1 is 1.21 bits per heavy atom. The van der Waals surface area contributed by atoms with E-state index in [1.54, 1.807) is 12.1 Å². The summed E-state index contributed by atoms with van der Waals surface area (Å²) < 4.78 is 5.22. The van der Waals surface area contributed by atoms with Gasteiger partial charge in [-0.3, -0.25) is 0 Å². The van der Waals surface area contributed by atoms with Gasteiger partial charge in [0.2, 0.25) is 11.7 Å². The van der Waals surface area contributed by atoms with Crippen molar-refractivity contribution < 1.29 is 4.52 Å². The third kappa shape index (κ3) is 4.31. The van der Waals surface area contributed by atoms with Crippen LogP contribution in [0.15, 0.2) is 53.1 Å². The van der Waals surface area contributed by atoms with Gasteiger partial charge in [0, 0.05) is 16.3 Å². The summed E-state index contributed by atoms with van der Waals surface area (Å²) in [5, 5.41) is 11.2. The van der Waals surface area contributed by atoms with E-state index in [-0.39, 0.29) is 0 Å². The molecular weight excluding hydrogens is 344 g/mol. The minimum Gasteiger partial charge on any atom is -0.353 e. The van der Waals surface area contributed by atoms with Crippen LogP contribution in [0.4, 0.5) is 5.69 Å². The van der Waals surface area contributed by atoms with Crippen molar-refractivity contribution in [2.24, 2.45) is 0 Å². The molecule has 0 amide bonds. The molecule has 0 bridgehead atoms. The van der Waals surface area contributed by atoms with E-state index in [0.29, 0.717) is 28.4 Å². The minimum atomic E-state index is 0.339. The number of aromatic nitrogens is 2. The first-order valence-corrected chi connectivity index (χ1v) is 8.09. The fraction of sp³-hybridized carbons (Fsp3) is 0.118. The Balaban J connectivity index is 1.58. The van der Waals surface area contributed by atoms with Crippen LogP contribution in [0.5, 0.6) is 0 Å². The largest absolute Gasteiger partial charge is 0.353 e. The first kappa shape index (κ1) is 16.4. The van der Waals surface area contributed by atoms with Crippen molar-refractivity contribution >= 4 is 34.6 Å². The number of halogens is 1. The van der Waals surface area contributed by atoms with Gasteiger partial charge in [-0.2, -0.15) is 4.98 Å². The van der Waals surface area contributed by atoms with Crippen LogP contribution in [-0.4, -0.2) is 15.3 Å². The van der Waals surface area contributed by atoms with Crippen LogP contribution in [0.2, 0.25) is 5.02 Å². The molecule has 3 rings (SSSR count). The summed E-state index contributed by atoms with van der Waals surface area (Å²) in [7, 11) is 0. The molecule has 5 nitrogen and oxygen atoms in total. The van der Waals surface area contributed by atoms with Crippen LogP contribution >= 0.6 is 23.8 Å². The monoisotopic (exact) mass is 358 g/mol. The second-order valence-corrected chi connectivity index (χ2v) is 6.04. The van der Waals surface area contributed by atoms with Gasteiger partial charge in [0.15, 0.2) is 5.11 Å². The van der Waals surface area contributed by atoms with Gasteiger partial charge in [-0.15, -0.1) is 0 Å². The molecule has 0 fully saturated rings. The molecule has 0 atom stereocenters. The third-order valence-corrected chi connectivity index (χ3v) is 3.71. The van der Waals surface area contributed by atoms with E-state index in [1.165, 1.54) is 0 Å². The molecule has 0 spiro atoms. The number of benzene rings is 2. The molecule has 0 aliphatic carbocycles. The fourth-order valence-electron chi connectivity index (χ4n) is 2.13. The standard InChI is InChI=1S/C17H15ClN4OS/c1-11-4-2-7-14(8-11)20-17(24)19-10-15-21-16(22-23-15)12-5-3-6-13(18)9-12/h2-9H,10H2,1H3,(H2,19,20,24). The van der Waals surface area contributed by atoms with E-state index < -0.39 is 0 Å². The number of nitrogens with one attached hydrogen (secondary N) is 2. The third-order valence-electron chi connectivity index (χ3n) is 3.23. The average Bonchev–Trinajstić information content (AvgIpc) is 3.02. The molecule has 122 valence electrons. The number of nitrogens with zero attached hydrogens (tertiary/aromatic N) is 2. The molecule has 0 aliphatic rings. The summed E-state index contributed by atoms with van der Waals surface area (Å²) in [6.07, 6.45) is 0. The van der Waals surface area contributed by atoms with Gasteiger partial charge in [0.25, 0.3) is 0 Å². The van der Waals surface area contributed by atoms with Crippen molar-refractivity contribution in [3.05, 3.63) is 65.0 Å². The zero-order valence-corrected chi connectivity index (χ0v) is 14.5. The summed E-state index contributed by atoms with van der Waals surface area (Å²) in [6.45, 7) is 2.36. The molecule has 0 aliphatic heterocycles. The predicted octanol–water partition coefficient (Wildman–Crippen LogP) is 4.19. The maximum Gasteiger partial charge on any atom is 0.246 e. The van der Waals surface area contributed by atoms with E-state index >= 15 is 0 Å². The highest BCUT2D eigenvalue weighted by atomic mass is 35.5. The van der Waals surface area contributed by atoms with E-state index in [4.69, 9.17) is 28.3 Å². The summed E-state index contributed by atoms with van der Waals surface area (Å²) in [5.74, 6) is 0.935. The summed E-state index contributed by atoms with van der Waals surface area (Å²) >= 11 is 11.2. The smallest absolute Gasteiger partial charge is 0.246 e. The highest BCUT2D eigenvalue weighted by Gasteiger charge is 2.09. The second kappa shape index (κ2) is 7.42. The van der Waals surface area contributed by atoms with Crippen molar-refractivity contribution in [3.8, 4) is 11.4 Å². The van der Waals surface area contributed by atoms with Crippen molar-refractivity contribution in [1.29, 1.82) is 0 Å². The number of anilines is 1. The Bertz CT molecular complexity index is 865. The van der Waals surface area contributed by atoms with Gasteiger partial charge in [-0.1, -0.05) is 41.0 Å². The van der Waals surface area contributed by atoms with Crippen LogP contribution in [0.1, 0.15) is 11.5 Å². The summed E-state index contributed by atoms with van der Waals surface area (Å²) in [5.41, 5.74) is 2.89. The molecular formula is C17H15ClN4OS. The lowest BCUT2D eigenvalue weighted by atomic mass is 10.2. The Labute approximate surface area is 150 Å². The van der Waals surface area contributed by atoms with Gasteiger partial charge in [-0.25, -0.2) is 0 Å². The number of hydrogen-bond acceptors (Lipinski definition) is 4. The van der Waals surface area contributed by atoms with Crippen molar-refractivity contribution in [2.75, 3.05) is 5.32 Å². The Morgan fingerprint density at radius 3 is 2.83 bits per heavy atom. The van der Waals surface area contributed by atoms with Gasteiger partial charge in [0.1, 0.15) is 0 Å². The lowest BCUT2D eigenvalue weighted by Crippen LogP contribution is -2.28. The average molecular weight is 359 g/mol. The van der Waals surface area contributed by atoms with Crippen molar-refractivity contribution in [2.45, 2.75) is 13.5 Å².